The number of hydrogen-bond donors (Lipinski definition) is 1. The van der Waals surface area contributed by atoms with Crippen LogP contribution in [0.1, 0.15) is 43.7 Å². The highest BCUT2D eigenvalue weighted by Gasteiger charge is 2.40. The van der Waals surface area contributed by atoms with E-state index in [0.29, 0.717) is 5.30 Å². The molecule has 0 radical (unpaired) electrons. The molecule has 1 N–H and O–H groups in total. The summed E-state index contributed by atoms with van der Waals surface area (Å²) in [5, 5.41) is 0.678. The Morgan fingerprint density at radius 1 is 0.786 bits per heavy atom. The van der Waals surface area contributed by atoms with Gasteiger partial charge >= 0.3 is 0 Å². The van der Waals surface area contributed by atoms with E-state index in [2.05, 4.69) is 31.2 Å². The van der Waals surface area contributed by atoms with E-state index in [-0.39, 0.29) is 0 Å². The van der Waals surface area contributed by atoms with Gasteiger partial charge in [0.1, 0.15) is 5.60 Å². The van der Waals surface area contributed by atoms with Gasteiger partial charge in [-0.05, 0) is 47.9 Å². The molecule has 0 aliphatic rings. The minimum absolute atomic E-state index is 0.678. The van der Waals surface area contributed by atoms with Crippen LogP contribution in [0.5, 0.6) is 0 Å². The Hall–Kier alpha value is -1.77. The van der Waals surface area contributed by atoms with Crippen LogP contribution in [0.15, 0.2) is 91.0 Å². The van der Waals surface area contributed by atoms with Crippen molar-refractivity contribution in [3.8, 4) is 0 Å². The Balaban J connectivity index is 2.13. The van der Waals surface area contributed by atoms with E-state index < -0.39 is 12.1 Å². The van der Waals surface area contributed by atoms with Crippen LogP contribution in [0.2, 0.25) is 0 Å². The highest BCUT2D eigenvalue weighted by Crippen LogP contribution is 2.53. The molecule has 0 aliphatic heterocycles. The quantitative estimate of drug-likeness (QED) is 0.339. The van der Waals surface area contributed by atoms with E-state index in [1.54, 1.807) is 0 Å². The van der Waals surface area contributed by atoms with Crippen molar-refractivity contribution in [1.29, 1.82) is 0 Å². The van der Waals surface area contributed by atoms with E-state index in [4.69, 9.17) is 16.3 Å². The highest BCUT2D eigenvalue weighted by molar-refractivity contribution is 8.13. The second kappa shape index (κ2) is 9.62. The fourth-order valence-corrected chi connectivity index (χ4v) is 5.65. The molecule has 0 saturated carbocycles. The fourth-order valence-electron chi connectivity index (χ4n) is 3.53. The Kier molecular flexibility index (Phi) is 7.20. The third kappa shape index (κ3) is 4.79. The lowest BCUT2D eigenvalue weighted by atomic mass is 9.82. The monoisotopic (exact) mass is 410 g/mol. The van der Waals surface area contributed by atoms with Gasteiger partial charge in [-0.2, -0.15) is 0 Å². The number of benzene rings is 3. The molecule has 1 unspecified atom stereocenters. The first-order chi connectivity index (χ1) is 13.6. The lowest BCUT2D eigenvalue weighted by molar-refractivity contribution is 0.101. The van der Waals surface area contributed by atoms with Crippen molar-refractivity contribution in [1.82, 2.24) is 0 Å². The summed E-state index contributed by atoms with van der Waals surface area (Å²) in [4.78, 5) is 11.3. The molecular weight excluding hydrogens is 383 g/mol. The van der Waals surface area contributed by atoms with E-state index >= 15 is 0 Å². The SMILES string of the molecule is CCCCCC(OP(O)(=S)c1ccccc1)(c1ccccc1)c1ccccc1. The largest absolute Gasteiger partial charge is 0.342 e. The molecule has 0 heterocycles. The van der Waals surface area contributed by atoms with Gasteiger partial charge in [0.05, 0.1) is 0 Å². The van der Waals surface area contributed by atoms with Gasteiger partial charge in [-0.15, -0.1) is 0 Å². The number of hydrogen-bond acceptors (Lipinski definition) is 2. The van der Waals surface area contributed by atoms with Crippen LogP contribution in [-0.2, 0) is 21.9 Å². The second-order valence-corrected chi connectivity index (χ2v) is 10.2. The molecule has 0 bridgehead atoms. The smallest absolute Gasteiger partial charge is 0.218 e. The van der Waals surface area contributed by atoms with Gasteiger partial charge in [0.25, 0.3) is 0 Å². The highest BCUT2D eigenvalue weighted by atomic mass is 32.5. The van der Waals surface area contributed by atoms with Crippen LogP contribution >= 0.6 is 6.49 Å². The normalized spacial score (nSPS) is 13.8. The minimum Gasteiger partial charge on any atom is -0.342 e. The molecule has 4 heteroatoms. The lowest BCUT2D eigenvalue weighted by Crippen LogP contribution is -2.32. The minimum atomic E-state index is -3.21. The standard InChI is InChI=1S/C24H27O2PS/c1-2-3-13-20-24(21-14-7-4-8-15-21,22-16-9-5-10-17-22)26-27(25,28)23-18-11-6-12-19-23/h4-12,14-19H,2-3,13,20H2,1H3,(H,25,28). The van der Waals surface area contributed by atoms with Crippen molar-refractivity contribution >= 4 is 23.6 Å². The third-order valence-electron chi connectivity index (χ3n) is 4.97. The van der Waals surface area contributed by atoms with Gasteiger partial charge in [-0.25, -0.2) is 0 Å². The molecule has 3 aromatic rings. The Labute approximate surface area is 173 Å². The van der Waals surface area contributed by atoms with Gasteiger partial charge in [0.15, 0.2) is 0 Å². The van der Waals surface area contributed by atoms with Gasteiger partial charge in [0, 0.05) is 5.30 Å². The summed E-state index contributed by atoms with van der Waals surface area (Å²) < 4.78 is 6.61. The molecule has 3 aromatic carbocycles. The van der Waals surface area contributed by atoms with Crippen molar-refractivity contribution in [3.05, 3.63) is 102 Å². The average Bonchev–Trinajstić information content (AvgIpc) is 2.75. The first-order valence-electron chi connectivity index (χ1n) is 9.79. The molecular formula is C24H27O2PS. The van der Waals surface area contributed by atoms with Crippen molar-refractivity contribution < 1.29 is 9.42 Å². The molecule has 28 heavy (non-hydrogen) atoms. The Bertz CT molecular complexity index is 858. The summed E-state index contributed by atoms with van der Waals surface area (Å²) >= 11 is 5.68. The van der Waals surface area contributed by atoms with Crippen LogP contribution in [-0.4, -0.2) is 4.89 Å². The fraction of sp³-hybridized carbons (Fsp3) is 0.250. The van der Waals surface area contributed by atoms with Crippen molar-refractivity contribution in [2.75, 3.05) is 0 Å². The van der Waals surface area contributed by atoms with E-state index in [0.717, 1.165) is 36.8 Å². The number of rotatable bonds is 9. The Morgan fingerprint density at radius 2 is 1.25 bits per heavy atom. The maximum atomic E-state index is 11.3. The molecule has 0 spiro atoms. The van der Waals surface area contributed by atoms with Crippen LogP contribution in [0, 0.1) is 0 Å². The molecule has 1 atom stereocenters. The first-order valence-corrected chi connectivity index (χ1v) is 12.5. The van der Waals surface area contributed by atoms with Gasteiger partial charge in [-0.3, -0.25) is 0 Å². The van der Waals surface area contributed by atoms with E-state index in [1.807, 2.05) is 66.7 Å². The Morgan fingerprint density at radius 3 is 1.71 bits per heavy atom. The third-order valence-corrected chi connectivity index (χ3v) is 7.34. The first kappa shape index (κ1) is 21.0. The van der Waals surface area contributed by atoms with Crippen molar-refractivity contribution in [2.24, 2.45) is 0 Å². The maximum absolute atomic E-state index is 11.3. The van der Waals surface area contributed by atoms with E-state index in [1.165, 1.54) is 0 Å². The summed E-state index contributed by atoms with van der Waals surface area (Å²) in [7, 11) is 0. The molecule has 2 nitrogen and oxygen atoms in total. The molecule has 3 rings (SSSR count). The zero-order valence-corrected chi connectivity index (χ0v) is 17.9. The van der Waals surface area contributed by atoms with Crippen LogP contribution in [0.4, 0.5) is 0 Å². The van der Waals surface area contributed by atoms with Crippen molar-refractivity contribution in [2.45, 2.75) is 38.2 Å². The molecule has 0 aliphatic carbocycles. The summed E-state index contributed by atoms with van der Waals surface area (Å²) in [5.74, 6) is 0. The molecule has 0 saturated heterocycles. The molecule has 0 amide bonds. The zero-order chi connectivity index (χ0) is 19.9. The predicted molar refractivity (Wildman–Crippen MR) is 121 cm³/mol. The molecule has 146 valence electrons. The summed E-state index contributed by atoms with van der Waals surface area (Å²) in [6.45, 7) is -1.02. The summed E-state index contributed by atoms with van der Waals surface area (Å²) in [6, 6.07) is 29.7. The lowest BCUT2D eigenvalue weighted by Gasteiger charge is -2.38. The molecule has 0 aromatic heterocycles. The van der Waals surface area contributed by atoms with Crippen LogP contribution < -0.4 is 5.30 Å². The second-order valence-electron chi connectivity index (χ2n) is 6.96. The van der Waals surface area contributed by atoms with Gasteiger partial charge in [-0.1, -0.05) is 98.6 Å². The van der Waals surface area contributed by atoms with Crippen LogP contribution in [0.25, 0.3) is 0 Å². The van der Waals surface area contributed by atoms with Crippen molar-refractivity contribution in [3.63, 3.8) is 0 Å². The topological polar surface area (TPSA) is 29.5 Å². The molecule has 0 fully saturated rings. The maximum Gasteiger partial charge on any atom is 0.218 e. The predicted octanol–water partition coefficient (Wildman–Crippen LogP) is 6.15. The summed E-state index contributed by atoms with van der Waals surface area (Å²) in [5.41, 5.74) is 1.27. The van der Waals surface area contributed by atoms with Crippen LogP contribution in [0.3, 0.4) is 0 Å². The summed E-state index contributed by atoms with van der Waals surface area (Å²) in [6.07, 6.45) is 3.97. The van der Waals surface area contributed by atoms with Gasteiger partial charge < -0.3 is 9.42 Å². The number of unbranched alkanes of at least 4 members (excludes halogenated alkanes) is 2. The zero-order valence-electron chi connectivity index (χ0n) is 16.2. The van der Waals surface area contributed by atoms with E-state index in [9.17, 15) is 4.89 Å². The average molecular weight is 411 g/mol. The van der Waals surface area contributed by atoms with Gasteiger partial charge in [0.2, 0.25) is 6.49 Å².